The lowest BCUT2D eigenvalue weighted by Crippen LogP contribution is -2.06. The Kier molecular flexibility index (Phi) is 1.95. The second-order valence-electron chi connectivity index (χ2n) is 3.83. The summed E-state index contributed by atoms with van der Waals surface area (Å²) in [6.45, 7) is 4.12. The van der Waals surface area contributed by atoms with E-state index >= 15 is 0 Å². The molecule has 0 fully saturated rings. The number of carbonyl (C=O) groups excluding carboxylic acids is 1. The number of aryl methyl sites for hydroxylation is 1. The fourth-order valence-electron chi connectivity index (χ4n) is 2.01. The summed E-state index contributed by atoms with van der Waals surface area (Å²) in [7, 11) is 0. The number of carbonyl (C=O) groups is 1. The van der Waals surface area contributed by atoms with E-state index in [4.69, 9.17) is 0 Å². The van der Waals surface area contributed by atoms with Gasteiger partial charge in [-0.15, -0.1) is 0 Å². The van der Waals surface area contributed by atoms with Gasteiger partial charge in [-0.3, -0.25) is 4.79 Å². The number of rotatable bonds is 1. The lowest BCUT2D eigenvalue weighted by Gasteiger charge is -2.00. The van der Waals surface area contributed by atoms with Crippen molar-refractivity contribution < 1.29 is 4.79 Å². The van der Waals surface area contributed by atoms with Crippen LogP contribution in [-0.4, -0.2) is 5.78 Å². The zero-order valence-electron chi connectivity index (χ0n) is 8.13. The van der Waals surface area contributed by atoms with Crippen LogP contribution in [0.4, 0.5) is 0 Å². The minimum Gasteiger partial charge on any atom is -0.294 e. The highest BCUT2D eigenvalue weighted by Gasteiger charge is 2.28. The van der Waals surface area contributed by atoms with Gasteiger partial charge in [0.15, 0.2) is 5.78 Å². The van der Waals surface area contributed by atoms with E-state index < -0.39 is 0 Å². The Hall–Kier alpha value is -1.11. The van der Waals surface area contributed by atoms with E-state index in [-0.39, 0.29) is 5.92 Å². The van der Waals surface area contributed by atoms with Crippen molar-refractivity contribution in [2.75, 3.05) is 0 Å². The number of fused-ring (bicyclic) bond motifs is 1. The van der Waals surface area contributed by atoms with E-state index in [2.05, 4.69) is 19.1 Å². The molecule has 1 aromatic carbocycles. The molecule has 1 unspecified atom stereocenters. The van der Waals surface area contributed by atoms with Crippen LogP contribution in [0.5, 0.6) is 0 Å². The zero-order valence-corrected chi connectivity index (χ0v) is 8.13. The summed E-state index contributed by atoms with van der Waals surface area (Å²) in [5, 5.41) is 0. The highest BCUT2D eigenvalue weighted by molar-refractivity contribution is 6.02. The van der Waals surface area contributed by atoms with Crippen molar-refractivity contribution in [3.8, 4) is 0 Å². The van der Waals surface area contributed by atoms with Crippen molar-refractivity contribution in [2.45, 2.75) is 26.7 Å². The summed E-state index contributed by atoms with van der Waals surface area (Å²) < 4.78 is 0. The van der Waals surface area contributed by atoms with Crippen LogP contribution in [0, 0.1) is 12.8 Å². The molecule has 0 heterocycles. The molecule has 1 aromatic rings. The highest BCUT2D eigenvalue weighted by atomic mass is 16.1. The van der Waals surface area contributed by atoms with Gasteiger partial charge in [-0.05, 0) is 31.4 Å². The van der Waals surface area contributed by atoms with Gasteiger partial charge in [-0.1, -0.05) is 24.6 Å². The van der Waals surface area contributed by atoms with Gasteiger partial charge in [0, 0.05) is 11.5 Å². The summed E-state index contributed by atoms with van der Waals surface area (Å²) in [4.78, 5) is 11.8. The normalized spacial score (nSPS) is 20.5. The largest absolute Gasteiger partial charge is 0.294 e. The van der Waals surface area contributed by atoms with Crippen LogP contribution in [0.25, 0.3) is 0 Å². The van der Waals surface area contributed by atoms with Crippen LogP contribution in [-0.2, 0) is 6.42 Å². The first-order valence-corrected chi connectivity index (χ1v) is 4.86. The molecular weight excluding hydrogens is 160 g/mol. The van der Waals surface area contributed by atoms with Gasteiger partial charge in [0.1, 0.15) is 0 Å². The van der Waals surface area contributed by atoms with Gasteiger partial charge in [-0.25, -0.2) is 0 Å². The molecule has 68 valence electrons. The molecule has 1 aliphatic rings. The highest BCUT2D eigenvalue weighted by Crippen LogP contribution is 2.29. The first-order chi connectivity index (χ1) is 6.22. The van der Waals surface area contributed by atoms with Gasteiger partial charge in [0.2, 0.25) is 0 Å². The molecule has 0 aromatic heterocycles. The Balaban J connectivity index is 2.45. The Labute approximate surface area is 78.8 Å². The first-order valence-electron chi connectivity index (χ1n) is 4.86. The van der Waals surface area contributed by atoms with Gasteiger partial charge in [0.05, 0.1) is 0 Å². The van der Waals surface area contributed by atoms with E-state index in [1.54, 1.807) is 0 Å². The average molecular weight is 174 g/mol. The number of ketones is 1. The second-order valence-corrected chi connectivity index (χ2v) is 3.83. The number of Topliss-reactive ketones (excluding diaryl/α,β-unsaturated/α-hetero) is 1. The summed E-state index contributed by atoms with van der Waals surface area (Å²) in [5.74, 6) is 0.595. The molecule has 1 aliphatic carbocycles. The number of hydrogen-bond acceptors (Lipinski definition) is 1. The molecule has 0 aliphatic heterocycles. The fraction of sp³-hybridized carbons (Fsp3) is 0.417. The van der Waals surface area contributed by atoms with Crippen LogP contribution in [0.15, 0.2) is 18.2 Å². The number of benzene rings is 1. The third-order valence-corrected chi connectivity index (χ3v) is 2.86. The molecule has 1 atom stereocenters. The summed E-state index contributed by atoms with van der Waals surface area (Å²) in [5.41, 5.74) is 3.39. The third-order valence-electron chi connectivity index (χ3n) is 2.86. The molecule has 0 saturated heterocycles. The van der Waals surface area contributed by atoms with Crippen molar-refractivity contribution in [2.24, 2.45) is 5.92 Å². The molecule has 0 spiro atoms. The molecule has 0 radical (unpaired) electrons. The molecular formula is C12H14O. The number of hydrogen-bond donors (Lipinski definition) is 0. The maximum Gasteiger partial charge on any atom is 0.166 e. The monoisotopic (exact) mass is 174 g/mol. The van der Waals surface area contributed by atoms with Crippen LogP contribution in [0.1, 0.15) is 34.8 Å². The predicted molar refractivity (Wildman–Crippen MR) is 53.0 cm³/mol. The summed E-state index contributed by atoms with van der Waals surface area (Å²) in [6, 6.07) is 6.20. The SMILES string of the molecule is CCC1Cc2ccc(C)cc2C1=O. The van der Waals surface area contributed by atoms with Crippen molar-refractivity contribution in [1.82, 2.24) is 0 Å². The zero-order chi connectivity index (χ0) is 9.42. The van der Waals surface area contributed by atoms with E-state index in [1.807, 2.05) is 13.0 Å². The van der Waals surface area contributed by atoms with Crippen molar-refractivity contribution in [1.29, 1.82) is 0 Å². The van der Waals surface area contributed by atoms with Crippen LogP contribution >= 0.6 is 0 Å². The van der Waals surface area contributed by atoms with Gasteiger partial charge >= 0.3 is 0 Å². The Morgan fingerprint density at radius 2 is 2.23 bits per heavy atom. The topological polar surface area (TPSA) is 17.1 Å². The van der Waals surface area contributed by atoms with Crippen LogP contribution < -0.4 is 0 Å². The van der Waals surface area contributed by atoms with Crippen LogP contribution in [0.3, 0.4) is 0 Å². The molecule has 1 nitrogen and oxygen atoms in total. The van der Waals surface area contributed by atoms with Gasteiger partial charge < -0.3 is 0 Å². The molecule has 0 amide bonds. The lowest BCUT2D eigenvalue weighted by atomic mass is 10.0. The standard InChI is InChI=1S/C12H14O/c1-3-9-7-10-5-4-8(2)6-11(10)12(9)13/h4-6,9H,3,7H2,1-2H3. The summed E-state index contributed by atoms with van der Waals surface area (Å²) in [6.07, 6.45) is 1.91. The first kappa shape index (κ1) is 8.49. The molecule has 13 heavy (non-hydrogen) atoms. The molecule has 0 bridgehead atoms. The molecule has 2 rings (SSSR count). The van der Waals surface area contributed by atoms with Crippen LogP contribution in [0.2, 0.25) is 0 Å². The van der Waals surface area contributed by atoms with Crippen molar-refractivity contribution in [3.05, 3.63) is 34.9 Å². The van der Waals surface area contributed by atoms with E-state index in [0.29, 0.717) is 5.78 Å². The Morgan fingerprint density at radius 1 is 1.46 bits per heavy atom. The van der Waals surface area contributed by atoms with Gasteiger partial charge in [0.25, 0.3) is 0 Å². The Morgan fingerprint density at radius 3 is 2.92 bits per heavy atom. The smallest absolute Gasteiger partial charge is 0.166 e. The average Bonchev–Trinajstić information content (AvgIpc) is 2.44. The third kappa shape index (κ3) is 1.28. The van der Waals surface area contributed by atoms with E-state index in [0.717, 1.165) is 18.4 Å². The summed E-state index contributed by atoms with van der Waals surface area (Å²) >= 11 is 0. The minimum absolute atomic E-state index is 0.247. The quantitative estimate of drug-likeness (QED) is 0.639. The van der Waals surface area contributed by atoms with E-state index in [9.17, 15) is 4.79 Å². The van der Waals surface area contributed by atoms with Crippen molar-refractivity contribution in [3.63, 3.8) is 0 Å². The predicted octanol–water partition coefficient (Wildman–Crippen LogP) is 2.76. The fourth-order valence-corrected chi connectivity index (χ4v) is 2.01. The van der Waals surface area contributed by atoms with Crippen molar-refractivity contribution >= 4 is 5.78 Å². The maximum absolute atomic E-state index is 11.8. The van der Waals surface area contributed by atoms with E-state index in [1.165, 1.54) is 11.1 Å². The second kappa shape index (κ2) is 2.99. The molecule has 0 N–H and O–H groups in total. The Bertz CT molecular complexity index is 352. The lowest BCUT2D eigenvalue weighted by molar-refractivity contribution is 0.0934. The maximum atomic E-state index is 11.8. The minimum atomic E-state index is 0.247. The molecule has 0 saturated carbocycles. The van der Waals surface area contributed by atoms with Gasteiger partial charge in [-0.2, -0.15) is 0 Å². The molecule has 1 heteroatoms.